The highest BCUT2D eigenvalue weighted by atomic mass is 79.9. The summed E-state index contributed by atoms with van der Waals surface area (Å²) < 4.78 is 1.23. The van der Waals surface area contributed by atoms with Gasteiger partial charge in [-0.15, -0.1) is 0 Å². The Morgan fingerprint density at radius 1 is 1.19 bits per heavy atom. The number of nitrogens with one attached hydrogen (secondary N) is 1. The van der Waals surface area contributed by atoms with Crippen molar-refractivity contribution in [2.24, 2.45) is 5.92 Å². The maximum Gasteiger partial charge on any atom is 0.0210 e. The number of hydrogen-bond donors (Lipinski definition) is 1. The van der Waals surface area contributed by atoms with E-state index in [1.54, 1.807) is 0 Å². The van der Waals surface area contributed by atoms with Crippen LogP contribution in [0.4, 0.5) is 0 Å². The molecule has 0 radical (unpaired) electrons. The van der Waals surface area contributed by atoms with E-state index >= 15 is 0 Å². The van der Waals surface area contributed by atoms with E-state index in [1.807, 2.05) is 0 Å². The van der Waals surface area contributed by atoms with E-state index in [0.717, 1.165) is 19.0 Å². The third kappa shape index (κ3) is 4.26. The van der Waals surface area contributed by atoms with Gasteiger partial charge in [0.1, 0.15) is 0 Å². The molecule has 0 aromatic heterocycles. The SMILES string of the molecule is CCC(CNCC(C)C)c1ccccc1Br. The molecule has 0 spiro atoms. The van der Waals surface area contributed by atoms with Crippen molar-refractivity contribution in [2.45, 2.75) is 33.1 Å². The normalized spacial score (nSPS) is 13.1. The molecule has 1 atom stereocenters. The average molecular weight is 284 g/mol. The number of rotatable bonds is 6. The number of halogens is 1. The summed E-state index contributed by atoms with van der Waals surface area (Å²) >= 11 is 3.63. The summed E-state index contributed by atoms with van der Waals surface area (Å²) in [5, 5.41) is 3.54. The first kappa shape index (κ1) is 13.7. The van der Waals surface area contributed by atoms with Crippen molar-refractivity contribution in [2.75, 3.05) is 13.1 Å². The number of benzene rings is 1. The van der Waals surface area contributed by atoms with Crippen molar-refractivity contribution in [1.82, 2.24) is 5.32 Å². The second-order valence-electron chi connectivity index (χ2n) is 4.68. The minimum absolute atomic E-state index is 0.606. The zero-order chi connectivity index (χ0) is 12.0. The van der Waals surface area contributed by atoms with Crippen molar-refractivity contribution >= 4 is 15.9 Å². The van der Waals surface area contributed by atoms with Crippen molar-refractivity contribution in [3.63, 3.8) is 0 Å². The minimum atomic E-state index is 0.606. The molecule has 16 heavy (non-hydrogen) atoms. The van der Waals surface area contributed by atoms with E-state index in [9.17, 15) is 0 Å². The fourth-order valence-corrected chi connectivity index (χ4v) is 2.44. The van der Waals surface area contributed by atoms with E-state index in [2.05, 4.69) is 66.3 Å². The molecule has 0 saturated carbocycles. The van der Waals surface area contributed by atoms with Gasteiger partial charge in [0.05, 0.1) is 0 Å². The van der Waals surface area contributed by atoms with Crippen LogP contribution in [0.5, 0.6) is 0 Å². The van der Waals surface area contributed by atoms with E-state index in [4.69, 9.17) is 0 Å². The van der Waals surface area contributed by atoms with Crippen LogP contribution < -0.4 is 5.32 Å². The van der Waals surface area contributed by atoms with E-state index in [1.165, 1.54) is 16.5 Å². The Hall–Kier alpha value is -0.340. The monoisotopic (exact) mass is 283 g/mol. The predicted molar refractivity (Wildman–Crippen MR) is 74.9 cm³/mol. The van der Waals surface area contributed by atoms with Crippen LogP contribution in [0.2, 0.25) is 0 Å². The Kier molecular flexibility index (Phi) is 6.07. The number of hydrogen-bond acceptors (Lipinski definition) is 1. The first-order valence-electron chi connectivity index (χ1n) is 6.10. The fraction of sp³-hybridized carbons (Fsp3) is 0.571. The quantitative estimate of drug-likeness (QED) is 0.826. The molecule has 1 N–H and O–H groups in total. The summed E-state index contributed by atoms with van der Waals surface area (Å²) in [6.07, 6.45) is 1.17. The summed E-state index contributed by atoms with van der Waals surface area (Å²) in [7, 11) is 0. The highest BCUT2D eigenvalue weighted by Crippen LogP contribution is 2.26. The molecule has 0 heterocycles. The van der Waals surface area contributed by atoms with Crippen molar-refractivity contribution < 1.29 is 0 Å². The molecule has 1 nitrogen and oxygen atoms in total. The molecule has 0 aliphatic rings. The second kappa shape index (κ2) is 7.08. The largest absolute Gasteiger partial charge is 0.316 e. The van der Waals surface area contributed by atoms with Crippen LogP contribution in [0, 0.1) is 5.92 Å². The maximum absolute atomic E-state index is 3.63. The van der Waals surface area contributed by atoms with Gasteiger partial charge in [0.15, 0.2) is 0 Å². The summed E-state index contributed by atoms with van der Waals surface area (Å²) in [6, 6.07) is 8.53. The van der Waals surface area contributed by atoms with E-state index in [0.29, 0.717) is 5.92 Å². The van der Waals surface area contributed by atoms with Crippen LogP contribution in [0.3, 0.4) is 0 Å². The summed E-state index contributed by atoms with van der Waals surface area (Å²) in [5.41, 5.74) is 1.42. The Labute approximate surface area is 108 Å². The fourth-order valence-electron chi connectivity index (χ4n) is 1.83. The molecule has 0 saturated heterocycles. The molecule has 0 aliphatic carbocycles. The lowest BCUT2D eigenvalue weighted by atomic mass is 9.96. The lowest BCUT2D eigenvalue weighted by molar-refractivity contribution is 0.509. The Morgan fingerprint density at radius 2 is 1.88 bits per heavy atom. The van der Waals surface area contributed by atoms with Gasteiger partial charge < -0.3 is 5.32 Å². The highest BCUT2D eigenvalue weighted by Gasteiger charge is 2.11. The van der Waals surface area contributed by atoms with Gasteiger partial charge in [0.25, 0.3) is 0 Å². The van der Waals surface area contributed by atoms with Crippen LogP contribution in [0.25, 0.3) is 0 Å². The molecular weight excluding hydrogens is 262 g/mol. The lowest BCUT2D eigenvalue weighted by Crippen LogP contribution is -2.25. The zero-order valence-electron chi connectivity index (χ0n) is 10.5. The molecule has 1 aromatic carbocycles. The molecule has 1 unspecified atom stereocenters. The smallest absolute Gasteiger partial charge is 0.0210 e. The third-order valence-corrected chi connectivity index (χ3v) is 3.50. The first-order valence-corrected chi connectivity index (χ1v) is 6.89. The molecule has 0 amide bonds. The molecule has 90 valence electrons. The van der Waals surface area contributed by atoms with Crippen LogP contribution >= 0.6 is 15.9 Å². The van der Waals surface area contributed by atoms with Crippen LogP contribution in [-0.2, 0) is 0 Å². The standard InChI is InChI=1S/C14H22BrN/c1-4-12(10-16-9-11(2)3)13-7-5-6-8-14(13)15/h5-8,11-12,16H,4,9-10H2,1-3H3. The predicted octanol–water partition coefficient (Wildman–Crippen LogP) is 4.19. The lowest BCUT2D eigenvalue weighted by Gasteiger charge is -2.18. The molecule has 0 fully saturated rings. The van der Waals surface area contributed by atoms with Gasteiger partial charge in [0.2, 0.25) is 0 Å². The Morgan fingerprint density at radius 3 is 2.44 bits per heavy atom. The highest BCUT2D eigenvalue weighted by molar-refractivity contribution is 9.10. The van der Waals surface area contributed by atoms with Crippen LogP contribution in [0.15, 0.2) is 28.7 Å². The minimum Gasteiger partial charge on any atom is -0.316 e. The Bertz CT molecular complexity index is 309. The molecule has 2 heteroatoms. The van der Waals surface area contributed by atoms with Gasteiger partial charge in [-0.2, -0.15) is 0 Å². The van der Waals surface area contributed by atoms with Crippen molar-refractivity contribution in [1.29, 1.82) is 0 Å². The molecular formula is C14H22BrN. The summed E-state index contributed by atoms with van der Waals surface area (Å²) in [6.45, 7) is 8.90. The summed E-state index contributed by atoms with van der Waals surface area (Å²) in [5.74, 6) is 1.33. The topological polar surface area (TPSA) is 12.0 Å². The second-order valence-corrected chi connectivity index (χ2v) is 5.53. The van der Waals surface area contributed by atoms with E-state index < -0.39 is 0 Å². The van der Waals surface area contributed by atoms with E-state index in [-0.39, 0.29) is 0 Å². The van der Waals surface area contributed by atoms with Gasteiger partial charge in [-0.1, -0.05) is 54.9 Å². The Balaban J connectivity index is 2.57. The van der Waals surface area contributed by atoms with Gasteiger partial charge in [-0.05, 0) is 36.4 Å². The average Bonchev–Trinajstić information content (AvgIpc) is 2.25. The molecule has 1 aromatic rings. The molecule has 1 rings (SSSR count). The van der Waals surface area contributed by atoms with Crippen molar-refractivity contribution in [3.8, 4) is 0 Å². The molecule has 0 bridgehead atoms. The zero-order valence-corrected chi connectivity index (χ0v) is 12.0. The van der Waals surface area contributed by atoms with Gasteiger partial charge in [-0.3, -0.25) is 0 Å². The van der Waals surface area contributed by atoms with Gasteiger partial charge >= 0.3 is 0 Å². The van der Waals surface area contributed by atoms with Crippen molar-refractivity contribution in [3.05, 3.63) is 34.3 Å². The van der Waals surface area contributed by atoms with Crippen LogP contribution in [-0.4, -0.2) is 13.1 Å². The first-order chi connectivity index (χ1) is 7.65. The molecule has 0 aliphatic heterocycles. The van der Waals surface area contributed by atoms with Gasteiger partial charge in [0, 0.05) is 11.0 Å². The summed E-state index contributed by atoms with van der Waals surface area (Å²) in [4.78, 5) is 0. The van der Waals surface area contributed by atoms with Crippen LogP contribution in [0.1, 0.15) is 38.7 Å². The third-order valence-electron chi connectivity index (χ3n) is 2.78. The van der Waals surface area contributed by atoms with Gasteiger partial charge in [-0.25, -0.2) is 0 Å². The maximum atomic E-state index is 3.63.